The molecule has 0 saturated carbocycles. The van der Waals surface area contributed by atoms with Crippen LogP contribution in [0.25, 0.3) is 0 Å². The largest absolute Gasteiger partial charge is 0.354 e. The number of hydrogen-bond acceptors (Lipinski definition) is 5. The topological polar surface area (TPSA) is 79.4 Å². The van der Waals surface area contributed by atoms with Crippen LogP contribution in [0.2, 0.25) is 0 Å². The molecular weight excluding hydrogens is 302 g/mol. The summed E-state index contributed by atoms with van der Waals surface area (Å²) in [5, 5.41) is 2.63. The van der Waals surface area contributed by atoms with Crippen LogP contribution in [0.15, 0.2) is 18.3 Å². The smallest absolute Gasteiger partial charge is 0.251 e. The first kappa shape index (κ1) is 16.7. The van der Waals surface area contributed by atoms with Crippen LogP contribution in [-0.2, 0) is 9.84 Å². The minimum Gasteiger partial charge on any atom is -0.354 e. The third kappa shape index (κ3) is 4.69. The molecule has 1 aliphatic heterocycles. The molecule has 0 spiro atoms. The predicted molar refractivity (Wildman–Crippen MR) is 86.9 cm³/mol. The third-order valence-electron chi connectivity index (χ3n) is 3.86. The molecule has 1 aliphatic rings. The molecule has 1 amide bonds. The number of carbonyl (C=O) groups excluding carboxylic acids is 1. The van der Waals surface area contributed by atoms with Crippen molar-refractivity contribution in [2.24, 2.45) is 0 Å². The summed E-state index contributed by atoms with van der Waals surface area (Å²) in [6.45, 7) is 3.24. The van der Waals surface area contributed by atoms with E-state index in [4.69, 9.17) is 0 Å². The third-order valence-corrected chi connectivity index (χ3v) is 4.81. The molecule has 22 heavy (non-hydrogen) atoms. The number of piperidine rings is 1. The Hall–Kier alpha value is -1.63. The van der Waals surface area contributed by atoms with Crippen LogP contribution in [0, 0.1) is 0 Å². The summed E-state index contributed by atoms with van der Waals surface area (Å²) in [5.41, 5.74) is 0.510. The second kappa shape index (κ2) is 7.09. The van der Waals surface area contributed by atoms with E-state index in [2.05, 4.69) is 22.1 Å². The van der Waals surface area contributed by atoms with Crippen molar-refractivity contribution in [2.45, 2.75) is 32.2 Å². The minimum absolute atomic E-state index is 0.0557. The molecule has 1 fully saturated rings. The van der Waals surface area contributed by atoms with E-state index >= 15 is 0 Å². The number of pyridine rings is 1. The fourth-order valence-corrected chi connectivity index (χ4v) is 3.08. The minimum atomic E-state index is -3.07. The molecule has 1 aromatic heterocycles. The molecule has 0 aliphatic carbocycles. The van der Waals surface area contributed by atoms with Crippen LogP contribution in [0.1, 0.15) is 36.5 Å². The Morgan fingerprint density at radius 2 is 2.23 bits per heavy atom. The highest BCUT2D eigenvalue weighted by Crippen LogP contribution is 2.23. The zero-order chi connectivity index (χ0) is 16.2. The Kier molecular flexibility index (Phi) is 5.39. The van der Waals surface area contributed by atoms with Crippen molar-refractivity contribution < 1.29 is 13.2 Å². The molecule has 2 rings (SSSR count). The Labute approximate surface area is 131 Å². The van der Waals surface area contributed by atoms with E-state index in [1.165, 1.54) is 6.42 Å². The summed E-state index contributed by atoms with van der Waals surface area (Å²) in [6, 6.07) is 3.84. The van der Waals surface area contributed by atoms with E-state index in [-0.39, 0.29) is 18.2 Å². The molecule has 1 N–H and O–H groups in total. The predicted octanol–water partition coefficient (Wildman–Crippen LogP) is 1.23. The average Bonchev–Trinajstić information content (AvgIpc) is 2.46. The van der Waals surface area contributed by atoms with Crippen LogP contribution in [0.4, 0.5) is 5.82 Å². The van der Waals surface area contributed by atoms with E-state index in [0.29, 0.717) is 11.6 Å². The van der Waals surface area contributed by atoms with Gasteiger partial charge in [0.25, 0.3) is 5.91 Å². The highest BCUT2D eigenvalue weighted by molar-refractivity contribution is 7.90. The number of nitrogens with zero attached hydrogens (tertiary/aromatic N) is 2. The second-order valence-corrected chi connectivity index (χ2v) is 8.09. The maximum Gasteiger partial charge on any atom is 0.251 e. The van der Waals surface area contributed by atoms with E-state index in [1.54, 1.807) is 18.3 Å². The van der Waals surface area contributed by atoms with E-state index < -0.39 is 9.84 Å². The van der Waals surface area contributed by atoms with Gasteiger partial charge in [0.05, 0.1) is 5.75 Å². The van der Waals surface area contributed by atoms with E-state index in [9.17, 15) is 13.2 Å². The number of sulfone groups is 1. The Morgan fingerprint density at radius 1 is 1.45 bits per heavy atom. The molecular formula is C15H23N3O3S. The molecule has 0 unspecified atom stereocenters. The van der Waals surface area contributed by atoms with Gasteiger partial charge in [0.1, 0.15) is 15.7 Å². The second-order valence-electron chi connectivity index (χ2n) is 5.83. The maximum atomic E-state index is 12.1. The van der Waals surface area contributed by atoms with Crippen molar-refractivity contribution in [3.63, 3.8) is 0 Å². The lowest BCUT2D eigenvalue weighted by molar-refractivity contribution is 0.0956. The van der Waals surface area contributed by atoms with Crippen molar-refractivity contribution in [1.82, 2.24) is 10.3 Å². The van der Waals surface area contributed by atoms with Gasteiger partial charge >= 0.3 is 0 Å². The Bertz CT molecular complexity index is 631. The molecule has 1 aromatic rings. The van der Waals surface area contributed by atoms with Crippen LogP contribution in [-0.4, -0.2) is 50.4 Å². The van der Waals surface area contributed by atoms with Crippen molar-refractivity contribution in [3.8, 4) is 0 Å². The molecule has 6 nitrogen and oxygen atoms in total. The van der Waals surface area contributed by atoms with Gasteiger partial charge in [-0.3, -0.25) is 4.79 Å². The lowest BCUT2D eigenvalue weighted by Crippen LogP contribution is -2.38. The highest BCUT2D eigenvalue weighted by Gasteiger charge is 2.20. The van der Waals surface area contributed by atoms with Crippen molar-refractivity contribution in [3.05, 3.63) is 23.9 Å². The SMILES string of the molecule is C[C@@H]1CCCCN1c1cc(C(=O)NCCS(C)(=O)=O)ccn1. The van der Waals surface area contributed by atoms with Gasteiger partial charge in [-0.05, 0) is 38.3 Å². The molecule has 2 heterocycles. The zero-order valence-electron chi connectivity index (χ0n) is 13.1. The van der Waals surface area contributed by atoms with Crippen molar-refractivity contribution in [2.75, 3.05) is 30.0 Å². The zero-order valence-corrected chi connectivity index (χ0v) is 13.9. The summed E-state index contributed by atoms with van der Waals surface area (Å²) in [5.74, 6) is 0.486. The lowest BCUT2D eigenvalue weighted by Gasteiger charge is -2.34. The van der Waals surface area contributed by atoms with Gasteiger partial charge in [0.15, 0.2) is 0 Å². The summed E-state index contributed by atoms with van der Waals surface area (Å²) in [7, 11) is -3.07. The van der Waals surface area contributed by atoms with Crippen molar-refractivity contribution >= 4 is 21.6 Å². The quantitative estimate of drug-likeness (QED) is 0.881. The molecule has 0 radical (unpaired) electrons. The molecule has 122 valence electrons. The van der Waals surface area contributed by atoms with E-state index in [0.717, 1.165) is 31.5 Å². The van der Waals surface area contributed by atoms with Gasteiger partial charge in [-0.1, -0.05) is 0 Å². The number of anilines is 1. The van der Waals surface area contributed by atoms with E-state index in [1.807, 2.05) is 0 Å². The summed E-state index contributed by atoms with van der Waals surface area (Å²) in [4.78, 5) is 18.7. The molecule has 1 saturated heterocycles. The monoisotopic (exact) mass is 325 g/mol. The fraction of sp³-hybridized carbons (Fsp3) is 0.600. The van der Waals surface area contributed by atoms with Crippen LogP contribution in [0.5, 0.6) is 0 Å². The normalized spacial score (nSPS) is 19.0. The number of hydrogen-bond donors (Lipinski definition) is 1. The number of aromatic nitrogens is 1. The summed E-state index contributed by atoms with van der Waals surface area (Å²) in [6.07, 6.45) is 6.27. The first-order valence-electron chi connectivity index (χ1n) is 7.55. The van der Waals surface area contributed by atoms with Gasteiger partial charge in [0.2, 0.25) is 0 Å². The van der Waals surface area contributed by atoms with Crippen LogP contribution >= 0.6 is 0 Å². The molecule has 7 heteroatoms. The van der Waals surface area contributed by atoms with Gasteiger partial charge in [-0.2, -0.15) is 0 Å². The summed E-state index contributed by atoms with van der Waals surface area (Å²) < 4.78 is 22.2. The van der Waals surface area contributed by atoms with Gasteiger partial charge in [-0.15, -0.1) is 0 Å². The highest BCUT2D eigenvalue weighted by atomic mass is 32.2. The molecule has 0 bridgehead atoms. The first-order chi connectivity index (χ1) is 10.4. The van der Waals surface area contributed by atoms with Crippen LogP contribution < -0.4 is 10.2 Å². The number of carbonyl (C=O) groups is 1. The maximum absolute atomic E-state index is 12.1. The molecule has 1 atom stereocenters. The molecule has 0 aromatic carbocycles. The summed E-state index contributed by atoms with van der Waals surface area (Å²) >= 11 is 0. The van der Waals surface area contributed by atoms with Crippen LogP contribution in [0.3, 0.4) is 0 Å². The Morgan fingerprint density at radius 3 is 2.91 bits per heavy atom. The van der Waals surface area contributed by atoms with Gasteiger partial charge in [0, 0.05) is 37.1 Å². The standard InChI is InChI=1S/C15H23N3O3S/c1-12-5-3-4-9-18(12)14-11-13(6-7-16-14)15(19)17-8-10-22(2,20)21/h6-7,11-12H,3-5,8-10H2,1-2H3,(H,17,19)/t12-/m1/s1. The van der Waals surface area contributed by atoms with Crippen molar-refractivity contribution in [1.29, 1.82) is 0 Å². The fourth-order valence-electron chi connectivity index (χ4n) is 2.61. The average molecular weight is 325 g/mol. The number of amides is 1. The first-order valence-corrected chi connectivity index (χ1v) is 9.61. The number of rotatable bonds is 5. The lowest BCUT2D eigenvalue weighted by atomic mass is 10.0. The Balaban J connectivity index is 2.02. The van der Waals surface area contributed by atoms with Gasteiger partial charge in [-0.25, -0.2) is 13.4 Å². The number of nitrogens with one attached hydrogen (secondary N) is 1. The van der Waals surface area contributed by atoms with Gasteiger partial charge < -0.3 is 10.2 Å².